The molecule has 2 aromatic rings. The summed E-state index contributed by atoms with van der Waals surface area (Å²) in [4.78, 5) is 19.5. The van der Waals surface area contributed by atoms with Crippen LogP contribution in [0.5, 0.6) is 0 Å². The van der Waals surface area contributed by atoms with Crippen molar-refractivity contribution in [2.75, 3.05) is 7.11 Å². The van der Waals surface area contributed by atoms with Gasteiger partial charge in [0, 0.05) is 5.56 Å². The molecule has 1 aromatic heterocycles. The first-order valence-electron chi connectivity index (χ1n) is 5.48. The van der Waals surface area contributed by atoms with Gasteiger partial charge in [0.05, 0.1) is 36.5 Å². The smallest absolute Gasteiger partial charge is 0.340 e. The quantitative estimate of drug-likeness (QED) is 0.794. The average molecular weight is 258 g/mol. The number of hydrogen-bond acceptors (Lipinski definition) is 4. The summed E-state index contributed by atoms with van der Waals surface area (Å²) < 4.78 is 18.3. The Morgan fingerprint density at radius 1 is 1.42 bits per heavy atom. The molecular formula is C14H11FN2O2. The summed E-state index contributed by atoms with van der Waals surface area (Å²) in [7, 11) is 1.20. The number of rotatable bonds is 3. The number of ether oxygens (including phenoxy) is 1. The number of nitrogens with zero attached hydrogens (tertiary/aromatic N) is 2. The summed E-state index contributed by atoms with van der Waals surface area (Å²) in [5, 5.41) is 0. The van der Waals surface area contributed by atoms with Crippen molar-refractivity contribution in [2.45, 2.75) is 0 Å². The highest BCUT2D eigenvalue weighted by atomic mass is 19.1. The number of esters is 1. The molecule has 0 saturated heterocycles. The lowest BCUT2D eigenvalue weighted by atomic mass is 10.1. The molecule has 0 atom stereocenters. The second-order valence-electron chi connectivity index (χ2n) is 3.72. The maximum absolute atomic E-state index is 13.8. The van der Waals surface area contributed by atoms with E-state index in [-0.39, 0.29) is 5.56 Å². The van der Waals surface area contributed by atoms with E-state index in [4.69, 9.17) is 0 Å². The first kappa shape index (κ1) is 12.9. The molecule has 0 aliphatic heterocycles. The van der Waals surface area contributed by atoms with Crippen LogP contribution < -0.4 is 0 Å². The lowest BCUT2D eigenvalue weighted by Gasteiger charge is -2.05. The average Bonchev–Trinajstić information content (AvgIpc) is 2.46. The topological polar surface area (TPSA) is 52.1 Å². The minimum absolute atomic E-state index is 0.112. The molecule has 0 spiro atoms. The van der Waals surface area contributed by atoms with E-state index in [2.05, 4.69) is 21.3 Å². The minimum Gasteiger partial charge on any atom is -0.465 e. The highest BCUT2D eigenvalue weighted by molar-refractivity contribution is 5.90. The molecule has 1 heterocycles. The van der Waals surface area contributed by atoms with Gasteiger partial charge in [-0.25, -0.2) is 14.2 Å². The van der Waals surface area contributed by atoms with Crippen LogP contribution in [0.4, 0.5) is 4.39 Å². The maximum Gasteiger partial charge on any atom is 0.340 e. The molecule has 0 bridgehead atoms. The van der Waals surface area contributed by atoms with Crippen molar-refractivity contribution in [1.29, 1.82) is 0 Å². The van der Waals surface area contributed by atoms with Crippen LogP contribution in [0.15, 0.2) is 37.2 Å². The maximum atomic E-state index is 13.8. The molecule has 0 radical (unpaired) electrons. The highest BCUT2D eigenvalue weighted by Gasteiger charge is 2.13. The van der Waals surface area contributed by atoms with E-state index in [0.717, 1.165) is 0 Å². The molecule has 0 N–H and O–H groups in total. The van der Waals surface area contributed by atoms with Crippen LogP contribution in [0.1, 0.15) is 16.1 Å². The van der Waals surface area contributed by atoms with Crippen LogP contribution >= 0.6 is 0 Å². The first-order chi connectivity index (χ1) is 9.15. The third-order valence-corrected chi connectivity index (χ3v) is 2.53. The van der Waals surface area contributed by atoms with E-state index in [9.17, 15) is 9.18 Å². The molecule has 96 valence electrons. The van der Waals surface area contributed by atoms with Crippen LogP contribution in [-0.2, 0) is 4.74 Å². The van der Waals surface area contributed by atoms with E-state index < -0.39 is 11.8 Å². The summed E-state index contributed by atoms with van der Waals surface area (Å²) in [6.45, 7) is 3.59. The van der Waals surface area contributed by atoms with Crippen LogP contribution in [0.25, 0.3) is 17.3 Å². The summed E-state index contributed by atoms with van der Waals surface area (Å²) in [6.07, 6.45) is 4.62. The molecule has 0 unspecified atom stereocenters. The van der Waals surface area contributed by atoms with Crippen LogP contribution in [0, 0.1) is 5.82 Å². The lowest BCUT2D eigenvalue weighted by molar-refractivity contribution is 0.0595. The Morgan fingerprint density at radius 3 is 2.84 bits per heavy atom. The van der Waals surface area contributed by atoms with Gasteiger partial charge in [-0.15, -0.1) is 0 Å². The van der Waals surface area contributed by atoms with E-state index in [0.29, 0.717) is 17.0 Å². The number of carbonyl (C=O) groups is 1. The van der Waals surface area contributed by atoms with Crippen molar-refractivity contribution < 1.29 is 13.9 Å². The van der Waals surface area contributed by atoms with Gasteiger partial charge < -0.3 is 4.74 Å². The Labute approximate surface area is 109 Å². The third-order valence-electron chi connectivity index (χ3n) is 2.53. The summed E-state index contributed by atoms with van der Waals surface area (Å²) in [6, 6.07) is 4.17. The van der Waals surface area contributed by atoms with Gasteiger partial charge >= 0.3 is 5.97 Å². The molecular weight excluding hydrogens is 247 g/mol. The van der Waals surface area contributed by atoms with Crippen LogP contribution in [-0.4, -0.2) is 23.0 Å². The zero-order valence-electron chi connectivity index (χ0n) is 10.3. The van der Waals surface area contributed by atoms with Crippen molar-refractivity contribution in [3.8, 4) is 11.3 Å². The molecule has 0 fully saturated rings. The van der Waals surface area contributed by atoms with Gasteiger partial charge in [-0.1, -0.05) is 12.6 Å². The van der Waals surface area contributed by atoms with Crippen molar-refractivity contribution in [1.82, 2.24) is 9.97 Å². The number of aromatic nitrogens is 2. The normalized spacial score (nSPS) is 10.0. The van der Waals surface area contributed by atoms with Crippen molar-refractivity contribution in [2.24, 2.45) is 0 Å². The van der Waals surface area contributed by atoms with Gasteiger partial charge in [0.1, 0.15) is 5.82 Å². The number of benzene rings is 1. The Hall–Kier alpha value is -2.56. The minimum atomic E-state index is -0.713. The first-order valence-corrected chi connectivity index (χ1v) is 5.48. The fourth-order valence-electron chi connectivity index (χ4n) is 1.57. The Morgan fingerprint density at radius 2 is 2.21 bits per heavy atom. The standard InChI is InChI=1S/C14H11FN2O2/c1-3-10-7-16-8-13(17-10)9-4-5-11(12(15)6-9)14(18)19-2/h3-8H,1H2,2H3. The summed E-state index contributed by atoms with van der Waals surface area (Å²) in [5.41, 5.74) is 1.52. The second kappa shape index (κ2) is 5.39. The van der Waals surface area contributed by atoms with Gasteiger partial charge in [-0.2, -0.15) is 0 Å². The Balaban J connectivity index is 2.44. The number of methoxy groups -OCH3 is 1. The Kier molecular flexibility index (Phi) is 3.66. The summed E-state index contributed by atoms with van der Waals surface area (Å²) in [5.74, 6) is -1.37. The molecule has 2 rings (SSSR count). The number of carbonyl (C=O) groups excluding carboxylic acids is 1. The molecule has 1 aromatic carbocycles. The molecule has 0 saturated carbocycles. The number of hydrogen-bond donors (Lipinski definition) is 0. The fourth-order valence-corrected chi connectivity index (χ4v) is 1.57. The van der Waals surface area contributed by atoms with Gasteiger partial charge in [0.2, 0.25) is 0 Å². The van der Waals surface area contributed by atoms with Crippen LogP contribution in [0.3, 0.4) is 0 Å². The third kappa shape index (κ3) is 2.65. The van der Waals surface area contributed by atoms with E-state index >= 15 is 0 Å². The predicted molar refractivity (Wildman–Crippen MR) is 68.9 cm³/mol. The van der Waals surface area contributed by atoms with Gasteiger partial charge in [0.25, 0.3) is 0 Å². The zero-order valence-corrected chi connectivity index (χ0v) is 10.3. The van der Waals surface area contributed by atoms with Crippen molar-refractivity contribution in [3.05, 3.63) is 54.2 Å². The van der Waals surface area contributed by atoms with Crippen LogP contribution in [0.2, 0.25) is 0 Å². The number of halogens is 1. The SMILES string of the molecule is C=Cc1cncc(-c2ccc(C(=O)OC)c(F)c2)n1. The lowest BCUT2D eigenvalue weighted by Crippen LogP contribution is -2.04. The van der Waals surface area contributed by atoms with E-state index in [1.54, 1.807) is 18.3 Å². The molecule has 0 amide bonds. The van der Waals surface area contributed by atoms with Crippen molar-refractivity contribution >= 4 is 12.0 Å². The van der Waals surface area contributed by atoms with Gasteiger partial charge in [-0.05, 0) is 18.2 Å². The molecule has 19 heavy (non-hydrogen) atoms. The van der Waals surface area contributed by atoms with E-state index in [1.165, 1.54) is 25.4 Å². The summed E-state index contributed by atoms with van der Waals surface area (Å²) >= 11 is 0. The monoisotopic (exact) mass is 258 g/mol. The van der Waals surface area contributed by atoms with E-state index in [1.807, 2.05) is 0 Å². The predicted octanol–water partition coefficient (Wildman–Crippen LogP) is 2.71. The molecule has 4 nitrogen and oxygen atoms in total. The molecule has 0 aliphatic carbocycles. The molecule has 0 aliphatic rings. The largest absolute Gasteiger partial charge is 0.465 e. The van der Waals surface area contributed by atoms with Gasteiger partial charge in [0.15, 0.2) is 0 Å². The van der Waals surface area contributed by atoms with Crippen molar-refractivity contribution in [3.63, 3.8) is 0 Å². The zero-order chi connectivity index (χ0) is 13.8. The van der Waals surface area contributed by atoms with Gasteiger partial charge in [-0.3, -0.25) is 4.98 Å². The fraction of sp³-hybridized carbons (Fsp3) is 0.0714. The Bertz CT molecular complexity index is 641. The second-order valence-corrected chi connectivity index (χ2v) is 3.72. The molecule has 5 heteroatoms. The highest BCUT2D eigenvalue weighted by Crippen LogP contribution is 2.20.